The Bertz CT molecular complexity index is 523. The van der Waals surface area contributed by atoms with Crippen molar-refractivity contribution in [1.82, 2.24) is 0 Å². The predicted molar refractivity (Wildman–Crippen MR) is 75.2 cm³/mol. The van der Waals surface area contributed by atoms with Gasteiger partial charge >= 0.3 is 17.9 Å². The number of ether oxygens (including phenoxy) is 4. The number of hydrogen-bond donors (Lipinski definition) is 0. The fraction of sp³-hybridized carbons (Fsp3) is 0.750. The minimum atomic E-state index is -1.18. The number of hydrogen-bond acceptors (Lipinski definition) is 8. The number of alkyl halides is 1. The maximum atomic E-state index is 11.3. The van der Waals surface area contributed by atoms with Crippen molar-refractivity contribution < 1.29 is 33.3 Å². The molecule has 1 aliphatic heterocycles. The van der Waals surface area contributed by atoms with Gasteiger partial charge in [0.15, 0.2) is 12.2 Å². The topological polar surface area (TPSA) is 137 Å². The first-order valence-electron chi connectivity index (χ1n) is 6.57. The van der Waals surface area contributed by atoms with Crippen LogP contribution in [0.15, 0.2) is 5.11 Å². The molecule has 1 aliphatic rings. The van der Waals surface area contributed by atoms with Crippen LogP contribution in [0, 0.1) is 0 Å². The van der Waals surface area contributed by atoms with Crippen molar-refractivity contribution in [3.05, 3.63) is 10.4 Å². The van der Waals surface area contributed by atoms with E-state index in [1.54, 1.807) is 0 Å². The van der Waals surface area contributed by atoms with Crippen molar-refractivity contribution >= 4 is 29.5 Å². The number of azide groups is 1. The molecule has 1 fully saturated rings. The lowest BCUT2D eigenvalue weighted by molar-refractivity contribution is -0.209. The largest absolute Gasteiger partial charge is 0.463 e. The molecule has 23 heavy (non-hydrogen) atoms. The van der Waals surface area contributed by atoms with Gasteiger partial charge in [0.1, 0.15) is 24.3 Å². The summed E-state index contributed by atoms with van der Waals surface area (Å²) in [5, 5.41) is 3.43. The zero-order valence-corrected chi connectivity index (χ0v) is 13.4. The van der Waals surface area contributed by atoms with Gasteiger partial charge in [0.05, 0.1) is 0 Å². The molecule has 0 aromatic rings. The summed E-state index contributed by atoms with van der Waals surface area (Å²) < 4.78 is 20.4. The van der Waals surface area contributed by atoms with E-state index in [0.717, 1.165) is 13.8 Å². The van der Waals surface area contributed by atoms with Gasteiger partial charge in [-0.1, -0.05) is 16.7 Å². The molecule has 0 aliphatic carbocycles. The Morgan fingerprint density at radius 2 is 1.70 bits per heavy atom. The summed E-state index contributed by atoms with van der Waals surface area (Å²) >= 11 is 5.99. The van der Waals surface area contributed by atoms with E-state index in [4.69, 9.17) is 36.1 Å². The quantitative estimate of drug-likeness (QED) is 0.180. The first-order valence-corrected chi connectivity index (χ1v) is 7.01. The minimum Gasteiger partial charge on any atom is -0.463 e. The average Bonchev–Trinajstić information content (AvgIpc) is 2.42. The highest BCUT2D eigenvalue weighted by Gasteiger charge is 2.49. The van der Waals surface area contributed by atoms with Gasteiger partial charge in [-0.15, -0.1) is 0 Å². The van der Waals surface area contributed by atoms with Crippen molar-refractivity contribution in [2.24, 2.45) is 5.11 Å². The van der Waals surface area contributed by atoms with Crippen LogP contribution in [0.1, 0.15) is 20.8 Å². The van der Waals surface area contributed by atoms with Crippen molar-refractivity contribution in [3.8, 4) is 0 Å². The summed E-state index contributed by atoms with van der Waals surface area (Å²) in [6, 6.07) is -1.12. The van der Waals surface area contributed by atoms with Crippen LogP contribution in [-0.2, 0) is 33.3 Å². The molecule has 11 heteroatoms. The summed E-state index contributed by atoms with van der Waals surface area (Å²) in [4.78, 5) is 36.2. The Kier molecular flexibility index (Phi) is 7.08. The second kappa shape index (κ2) is 8.56. The van der Waals surface area contributed by atoms with Crippen LogP contribution >= 0.6 is 11.6 Å². The molecule has 0 saturated carbocycles. The summed E-state index contributed by atoms with van der Waals surface area (Å²) in [7, 11) is 0. The van der Waals surface area contributed by atoms with E-state index in [-0.39, 0.29) is 6.61 Å². The molecule has 2 unspecified atom stereocenters. The number of carbonyl (C=O) groups excluding carboxylic acids is 3. The van der Waals surface area contributed by atoms with Crippen LogP contribution < -0.4 is 0 Å². The number of carbonyl (C=O) groups is 3. The maximum Gasteiger partial charge on any atom is 0.303 e. The fourth-order valence-electron chi connectivity index (χ4n) is 2.05. The van der Waals surface area contributed by atoms with Gasteiger partial charge in [0.2, 0.25) is 0 Å². The Balaban J connectivity index is 3.11. The molecule has 1 rings (SSSR count). The van der Waals surface area contributed by atoms with E-state index in [1.165, 1.54) is 6.92 Å². The molecule has 0 spiro atoms. The Hall–Kier alpha value is -2.03. The molecule has 128 valence electrons. The lowest BCUT2D eigenvalue weighted by Crippen LogP contribution is -2.59. The highest BCUT2D eigenvalue weighted by Crippen LogP contribution is 2.30. The highest BCUT2D eigenvalue weighted by atomic mass is 35.5. The monoisotopic (exact) mass is 349 g/mol. The number of nitrogens with zero attached hydrogens (tertiary/aromatic N) is 3. The zero-order valence-electron chi connectivity index (χ0n) is 12.7. The van der Waals surface area contributed by atoms with E-state index in [2.05, 4.69) is 10.0 Å². The summed E-state index contributed by atoms with van der Waals surface area (Å²) in [6.07, 6.45) is -3.31. The molecule has 0 amide bonds. The van der Waals surface area contributed by atoms with Gasteiger partial charge in [-0.2, -0.15) is 0 Å². The molecule has 0 aromatic carbocycles. The third-order valence-electron chi connectivity index (χ3n) is 2.84. The van der Waals surface area contributed by atoms with Gasteiger partial charge in [0.25, 0.3) is 0 Å². The predicted octanol–water partition coefficient (Wildman–Crippen LogP) is 1.06. The summed E-state index contributed by atoms with van der Waals surface area (Å²) in [5.74, 6) is -1.96. The number of rotatable bonds is 5. The fourth-order valence-corrected chi connectivity index (χ4v) is 2.38. The normalized spacial score (nSPS) is 29.8. The first kappa shape index (κ1) is 19.0. The minimum absolute atomic E-state index is 0.281. The second-order valence-corrected chi connectivity index (χ2v) is 5.10. The molecule has 5 atom stereocenters. The van der Waals surface area contributed by atoms with Crippen molar-refractivity contribution in [2.45, 2.75) is 50.7 Å². The van der Waals surface area contributed by atoms with Gasteiger partial charge in [-0.3, -0.25) is 14.4 Å². The number of halogens is 1. The molecule has 0 N–H and O–H groups in total. The van der Waals surface area contributed by atoms with Gasteiger partial charge in [0, 0.05) is 25.7 Å². The Morgan fingerprint density at radius 3 is 2.17 bits per heavy atom. The van der Waals surface area contributed by atoms with Crippen LogP contribution in [0.5, 0.6) is 0 Å². The molecular weight excluding hydrogens is 334 g/mol. The van der Waals surface area contributed by atoms with Crippen LogP contribution in [0.4, 0.5) is 0 Å². The molecule has 0 bridgehead atoms. The van der Waals surface area contributed by atoms with E-state index >= 15 is 0 Å². The van der Waals surface area contributed by atoms with Crippen LogP contribution in [0.2, 0.25) is 0 Å². The summed E-state index contributed by atoms with van der Waals surface area (Å²) in [6.45, 7) is 3.19. The molecule has 1 saturated heterocycles. The molecule has 1 heterocycles. The van der Waals surface area contributed by atoms with E-state index in [9.17, 15) is 14.4 Å². The van der Waals surface area contributed by atoms with E-state index in [0.29, 0.717) is 0 Å². The molecule has 10 nitrogen and oxygen atoms in total. The third kappa shape index (κ3) is 5.59. The van der Waals surface area contributed by atoms with Crippen molar-refractivity contribution in [3.63, 3.8) is 0 Å². The highest BCUT2D eigenvalue weighted by molar-refractivity contribution is 6.20. The Morgan fingerprint density at radius 1 is 1.13 bits per heavy atom. The lowest BCUT2D eigenvalue weighted by atomic mass is 9.98. The second-order valence-electron chi connectivity index (χ2n) is 4.67. The van der Waals surface area contributed by atoms with Gasteiger partial charge in [-0.05, 0) is 5.53 Å². The van der Waals surface area contributed by atoms with Crippen molar-refractivity contribution in [1.29, 1.82) is 0 Å². The first-order chi connectivity index (χ1) is 10.8. The van der Waals surface area contributed by atoms with Crippen LogP contribution in [-0.4, -0.2) is 54.4 Å². The maximum absolute atomic E-state index is 11.3. The lowest BCUT2D eigenvalue weighted by Gasteiger charge is -2.41. The SMILES string of the molecule is CC(=O)OCC1O[C@@H](Cl)C(N=[N+]=[N-])[C@@H](OC(C)=O)[C@H]1OC(C)=O. The smallest absolute Gasteiger partial charge is 0.303 e. The van der Waals surface area contributed by atoms with Crippen LogP contribution in [0.25, 0.3) is 10.4 Å². The van der Waals surface area contributed by atoms with Gasteiger partial charge in [-0.25, -0.2) is 0 Å². The summed E-state index contributed by atoms with van der Waals surface area (Å²) in [5.41, 5.74) is 7.46. The van der Waals surface area contributed by atoms with E-state index in [1.807, 2.05) is 0 Å². The zero-order chi connectivity index (χ0) is 17.6. The molecular formula is C12H16ClN3O7. The van der Waals surface area contributed by atoms with E-state index < -0.39 is 47.8 Å². The third-order valence-corrected chi connectivity index (χ3v) is 3.20. The average molecular weight is 350 g/mol. The van der Waals surface area contributed by atoms with Crippen LogP contribution in [0.3, 0.4) is 0 Å². The molecule has 0 aromatic heterocycles. The standard InChI is InChI=1S/C12H16ClN3O7/c1-5(17)20-4-8-10(21-6(2)18)11(22-7(3)19)9(15-16-14)12(13)23-8/h8-12H,4H2,1-3H3/t8?,9?,10-,11+,12+/m0/s1. The Labute approximate surface area is 136 Å². The number of esters is 3. The van der Waals surface area contributed by atoms with Gasteiger partial charge < -0.3 is 18.9 Å². The molecule has 0 radical (unpaired) electrons. The van der Waals surface area contributed by atoms with Crippen molar-refractivity contribution in [2.75, 3.05) is 6.61 Å².